The molecule has 0 atom stereocenters. The van der Waals surface area contributed by atoms with Gasteiger partial charge in [-0.3, -0.25) is 0 Å². The van der Waals surface area contributed by atoms with E-state index in [2.05, 4.69) is 9.97 Å². The average molecular weight is 328 g/mol. The third-order valence-corrected chi connectivity index (χ3v) is 3.41. The van der Waals surface area contributed by atoms with E-state index in [9.17, 15) is 34.8 Å². The summed E-state index contributed by atoms with van der Waals surface area (Å²) in [6.07, 6.45) is 0. The fourth-order valence-corrected chi connectivity index (χ4v) is 2.40. The maximum absolute atomic E-state index is 12.1. The van der Waals surface area contributed by atoms with E-state index in [0.29, 0.717) is 6.07 Å². The van der Waals surface area contributed by atoms with Gasteiger partial charge in [0.1, 0.15) is 5.69 Å². The summed E-state index contributed by atoms with van der Waals surface area (Å²) in [5.74, 6) is -7.51. The van der Waals surface area contributed by atoms with Gasteiger partial charge in [0.2, 0.25) is 0 Å². The Morgan fingerprint density at radius 1 is 1.04 bits per heavy atom. The number of fused-ring (bicyclic) bond motifs is 3. The maximum Gasteiger partial charge on any atom is 0.354 e. The predicted molar refractivity (Wildman–Crippen MR) is 68.1 cm³/mol. The first-order chi connectivity index (χ1) is 11.2. The second-order valence-corrected chi connectivity index (χ2v) is 4.79. The van der Waals surface area contributed by atoms with Crippen LogP contribution in [0.25, 0.3) is 21.8 Å². The zero-order valence-corrected chi connectivity index (χ0v) is 11.4. The number of aromatic nitrogens is 2. The Bertz CT molecular complexity index is 1070. The van der Waals surface area contributed by atoms with Gasteiger partial charge in [0, 0.05) is 16.5 Å². The van der Waals surface area contributed by atoms with Crippen molar-refractivity contribution < 1.29 is 39.9 Å². The lowest BCUT2D eigenvalue weighted by Gasteiger charge is -2.24. The highest BCUT2D eigenvalue weighted by molar-refractivity contribution is 6.19. The second-order valence-electron chi connectivity index (χ2n) is 4.79. The minimum Gasteiger partial charge on any atom is -0.872 e. The van der Waals surface area contributed by atoms with Crippen molar-refractivity contribution in [2.75, 3.05) is 0 Å². The highest BCUT2D eigenvalue weighted by Gasteiger charge is 2.17. The molecule has 10 nitrogen and oxygen atoms in total. The van der Waals surface area contributed by atoms with Crippen molar-refractivity contribution in [2.45, 2.75) is 0 Å². The number of carboxylic acid groups (broad SMARTS) is 3. The molecule has 0 aliphatic rings. The van der Waals surface area contributed by atoms with Gasteiger partial charge in [-0.2, -0.15) is 0 Å². The maximum atomic E-state index is 12.1. The van der Waals surface area contributed by atoms with Gasteiger partial charge in [-0.05, 0) is 17.5 Å². The normalized spacial score (nSPS) is 11.0. The fraction of sp³-hybridized carbons (Fsp3) is 0. The molecule has 0 bridgehead atoms. The summed E-state index contributed by atoms with van der Waals surface area (Å²) < 4.78 is 0. The summed E-state index contributed by atoms with van der Waals surface area (Å²) in [5.41, 5.74) is -3.05. The van der Waals surface area contributed by atoms with Gasteiger partial charge in [0.15, 0.2) is 0 Å². The number of hydrogen-bond acceptors (Lipinski definition) is 8. The van der Waals surface area contributed by atoms with Gasteiger partial charge in [-0.1, -0.05) is 5.75 Å². The molecule has 0 radical (unpaired) electrons. The topological polar surface area (TPSA) is 192 Å². The number of carbonyl (C=O) groups excluding carboxylic acids is 2. The smallest absolute Gasteiger partial charge is 0.354 e. The zero-order chi connectivity index (χ0) is 17.8. The molecule has 3 rings (SSSR count). The number of hydrogen-bond donors (Lipinski definition) is 2. The number of H-pyrrole nitrogens is 1. The van der Waals surface area contributed by atoms with E-state index >= 15 is 0 Å². The van der Waals surface area contributed by atoms with E-state index in [4.69, 9.17) is 5.11 Å². The first-order valence-electron chi connectivity index (χ1n) is 6.25. The largest absolute Gasteiger partial charge is 0.872 e. The van der Waals surface area contributed by atoms with Crippen molar-refractivity contribution in [3.05, 3.63) is 29.1 Å². The van der Waals surface area contributed by atoms with E-state index in [0.717, 1.165) is 6.07 Å². The number of pyridine rings is 1. The Labute approximate surface area is 131 Å². The molecule has 3 aromatic rings. The summed E-state index contributed by atoms with van der Waals surface area (Å²) in [7, 11) is 0. The van der Waals surface area contributed by atoms with Gasteiger partial charge in [0.25, 0.3) is 0 Å². The van der Waals surface area contributed by atoms with E-state index in [1.165, 1.54) is 0 Å². The van der Waals surface area contributed by atoms with E-state index in [-0.39, 0.29) is 10.9 Å². The van der Waals surface area contributed by atoms with Crippen LogP contribution in [0.1, 0.15) is 31.3 Å². The van der Waals surface area contributed by atoms with Crippen molar-refractivity contribution in [3.63, 3.8) is 0 Å². The first kappa shape index (κ1) is 15.1. The molecular weight excluding hydrogens is 324 g/mol. The van der Waals surface area contributed by atoms with E-state index in [1.807, 2.05) is 0 Å². The molecular formula is C14H4N2O8-4. The number of carboxylic acids is 3. The quantitative estimate of drug-likeness (QED) is 0.514. The standard InChI is InChI=1S/C14H8N2O8/c17-10-4-2-6(14(23)24)15-8(4)7-3(12(19)20)1-5(13(21)22)16-9(7)11(10)18/h1-2,16-18H,(H,19,20)(H,21,22)(H,23,24)/p-4. The van der Waals surface area contributed by atoms with Crippen LogP contribution in [0.4, 0.5) is 0 Å². The fourth-order valence-electron chi connectivity index (χ4n) is 2.40. The Morgan fingerprint density at radius 3 is 2.25 bits per heavy atom. The van der Waals surface area contributed by atoms with Crippen LogP contribution >= 0.6 is 0 Å². The molecule has 2 aromatic heterocycles. The Hall–Kier alpha value is -3.82. The van der Waals surface area contributed by atoms with E-state index < -0.39 is 57.3 Å². The van der Waals surface area contributed by atoms with Crippen LogP contribution in [0.5, 0.6) is 11.5 Å². The van der Waals surface area contributed by atoms with Crippen molar-refractivity contribution >= 4 is 39.7 Å². The highest BCUT2D eigenvalue weighted by atomic mass is 16.4. The van der Waals surface area contributed by atoms with Crippen LogP contribution in [0.3, 0.4) is 0 Å². The predicted octanol–water partition coefficient (Wildman–Crippen LogP) is -2.71. The SMILES string of the molecule is O=C(O)c1cc2c([O-])c([O-])c3[nH]c(C(=O)[O-])cc(C(=O)[O-])c3c2n1. The molecule has 0 unspecified atom stereocenters. The van der Waals surface area contributed by atoms with Crippen molar-refractivity contribution in [1.82, 2.24) is 9.97 Å². The molecule has 1 aromatic carbocycles. The molecule has 24 heavy (non-hydrogen) atoms. The van der Waals surface area contributed by atoms with Crippen LogP contribution in [0.2, 0.25) is 0 Å². The van der Waals surface area contributed by atoms with Crippen molar-refractivity contribution in [2.24, 2.45) is 0 Å². The molecule has 2 heterocycles. The highest BCUT2D eigenvalue weighted by Crippen LogP contribution is 2.39. The molecule has 2 N–H and O–H groups in total. The number of nitrogens with zero attached hydrogens (tertiary/aromatic N) is 1. The molecule has 0 aliphatic heterocycles. The molecule has 122 valence electrons. The Kier molecular flexibility index (Phi) is 3.04. The number of aromatic amines is 1. The Morgan fingerprint density at radius 2 is 1.71 bits per heavy atom. The third kappa shape index (κ3) is 1.97. The lowest BCUT2D eigenvalue weighted by molar-refractivity contribution is -0.314. The molecule has 0 amide bonds. The van der Waals surface area contributed by atoms with Gasteiger partial charge in [0.05, 0.1) is 23.1 Å². The lowest BCUT2D eigenvalue weighted by atomic mass is 10.0. The minimum atomic E-state index is -1.84. The molecule has 10 heteroatoms. The molecule has 0 spiro atoms. The van der Waals surface area contributed by atoms with Crippen LogP contribution in [-0.4, -0.2) is 33.0 Å². The summed E-state index contributed by atoms with van der Waals surface area (Å²) in [6.45, 7) is 0. The third-order valence-electron chi connectivity index (χ3n) is 3.41. The number of carbonyl (C=O) groups is 3. The van der Waals surface area contributed by atoms with Crippen LogP contribution in [0.15, 0.2) is 12.1 Å². The number of aromatic carboxylic acids is 3. The second kappa shape index (κ2) is 4.84. The summed E-state index contributed by atoms with van der Waals surface area (Å²) >= 11 is 0. The van der Waals surface area contributed by atoms with E-state index in [1.54, 1.807) is 0 Å². The summed E-state index contributed by atoms with van der Waals surface area (Å²) in [6, 6.07) is 1.48. The van der Waals surface area contributed by atoms with Crippen molar-refractivity contribution in [1.29, 1.82) is 0 Å². The van der Waals surface area contributed by atoms with Crippen LogP contribution in [-0.2, 0) is 0 Å². The summed E-state index contributed by atoms with van der Waals surface area (Å²) in [4.78, 5) is 39.0. The molecule has 0 fully saturated rings. The van der Waals surface area contributed by atoms with Gasteiger partial charge >= 0.3 is 5.97 Å². The minimum absolute atomic E-state index is 0.354. The van der Waals surface area contributed by atoms with Gasteiger partial charge in [-0.15, -0.1) is 5.75 Å². The molecule has 0 saturated carbocycles. The monoisotopic (exact) mass is 328 g/mol. The van der Waals surface area contributed by atoms with Crippen molar-refractivity contribution in [3.8, 4) is 11.5 Å². The molecule has 0 saturated heterocycles. The Balaban J connectivity index is 2.62. The van der Waals surface area contributed by atoms with Gasteiger partial charge < -0.3 is 40.1 Å². The van der Waals surface area contributed by atoms with Crippen LogP contribution in [0, 0.1) is 0 Å². The number of rotatable bonds is 3. The van der Waals surface area contributed by atoms with Crippen LogP contribution < -0.4 is 20.4 Å². The number of benzene rings is 1. The average Bonchev–Trinajstić information content (AvgIpc) is 2.96. The number of nitrogens with one attached hydrogen (secondary N) is 1. The zero-order valence-electron chi connectivity index (χ0n) is 11.4. The molecule has 0 aliphatic carbocycles. The van der Waals surface area contributed by atoms with Gasteiger partial charge in [-0.25, -0.2) is 9.78 Å². The summed E-state index contributed by atoms with van der Waals surface area (Å²) in [5, 5.41) is 54.6. The lowest BCUT2D eigenvalue weighted by Crippen LogP contribution is -2.27. The first-order valence-corrected chi connectivity index (χ1v) is 6.25.